The van der Waals surface area contributed by atoms with Crippen LogP contribution in [0.3, 0.4) is 0 Å². The van der Waals surface area contributed by atoms with Gasteiger partial charge in [-0.05, 0) is 24.2 Å². The van der Waals surface area contributed by atoms with Crippen LogP contribution < -0.4 is 5.32 Å². The van der Waals surface area contributed by atoms with E-state index in [2.05, 4.69) is 17.0 Å². The molecule has 140 valence electrons. The third-order valence-electron chi connectivity index (χ3n) is 5.89. The molecule has 3 rings (SSSR count). The molecular formula is C19H22F3N3O. The Hall–Kier alpha value is -2.31. The lowest BCUT2D eigenvalue weighted by Gasteiger charge is -2.44. The van der Waals surface area contributed by atoms with Gasteiger partial charge in [0.25, 0.3) is 5.91 Å². The summed E-state index contributed by atoms with van der Waals surface area (Å²) in [6, 6.07) is 0. The standard InChI is InChI=1S/C19H22F3N3O/c1-12-7-5-6-9-18(10-8-14(12)17(18,2)3)24-16(26)13-11-23-25(4)15(13)19(20,21)22/h5-7,9,11,14H,1,8,10H2,2-4H3,(H,24,26)/b7-5-,9-6-. The van der Waals surface area contributed by atoms with Gasteiger partial charge in [0.2, 0.25) is 0 Å². The van der Waals surface area contributed by atoms with Gasteiger partial charge in [-0.25, -0.2) is 0 Å². The number of amides is 1. The van der Waals surface area contributed by atoms with E-state index in [1.165, 1.54) is 7.05 Å². The van der Waals surface area contributed by atoms with E-state index in [4.69, 9.17) is 0 Å². The molecule has 2 aliphatic carbocycles. The molecule has 1 aromatic rings. The van der Waals surface area contributed by atoms with E-state index in [9.17, 15) is 18.0 Å². The number of allylic oxidation sites excluding steroid dienone is 4. The Morgan fingerprint density at radius 1 is 1.38 bits per heavy atom. The molecule has 2 unspecified atom stereocenters. The monoisotopic (exact) mass is 365 g/mol. The zero-order valence-corrected chi connectivity index (χ0v) is 15.0. The quantitative estimate of drug-likeness (QED) is 0.860. The summed E-state index contributed by atoms with van der Waals surface area (Å²) >= 11 is 0. The maximum Gasteiger partial charge on any atom is 0.433 e. The highest BCUT2D eigenvalue weighted by Gasteiger charge is 2.55. The summed E-state index contributed by atoms with van der Waals surface area (Å²) in [4.78, 5) is 12.8. The van der Waals surface area contributed by atoms with Crippen molar-refractivity contribution < 1.29 is 18.0 Å². The van der Waals surface area contributed by atoms with Gasteiger partial charge in [-0.3, -0.25) is 9.48 Å². The number of aromatic nitrogens is 2. The fourth-order valence-electron chi connectivity index (χ4n) is 4.30. The van der Waals surface area contributed by atoms with Crippen LogP contribution in [0, 0.1) is 11.3 Å². The molecule has 1 aromatic heterocycles. The molecule has 1 saturated carbocycles. The smallest absolute Gasteiger partial charge is 0.342 e. The molecule has 1 heterocycles. The molecule has 1 N–H and O–H groups in total. The fraction of sp³-hybridized carbons (Fsp3) is 0.474. The Kier molecular flexibility index (Phi) is 4.16. The molecule has 2 atom stereocenters. The van der Waals surface area contributed by atoms with E-state index in [1.54, 1.807) is 0 Å². The first-order valence-electron chi connectivity index (χ1n) is 8.46. The maximum absolute atomic E-state index is 13.3. The van der Waals surface area contributed by atoms with Gasteiger partial charge in [0.1, 0.15) is 0 Å². The van der Waals surface area contributed by atoms with E-state index in [1.807, 2.05) is 38.2 Å². The summed E-state index contributed by atoms with van der Waals surface area (Å²) < 4.78 is 40.6. The second-order valence-corrected chi connectivity index (χ2v) is 7.56. The number of nitrogens with zero attached hydrogens (tertiary/aromatic N) is 2. The predicted octanol–water partition coefficient (Wildman–Crippen LogP) is 4.03. The van der Waals surface area contributed by atoms with Gasteiger partial charge < -0.3 is 5.32 Å². The normalized spacial score (nSPS) is 29.8. The van der Waals surface area contributed by atoms with Gasteiger partial charge >= 0.3 is 6.18 Å². The molecular weight excluding hydrogens is 343 g/mol. The molecule has 7 heteroatoms. The number of hydrogen-bond donors (Lipinski definition) is 1. The summed E-state index contributed by atoms with van der Waals surface area (Å²) in [5.41, 5.74) is -1.67. The van der Waals surface area contributed by atoms with E-state index in [0.29, 0.717) is 11.1 Å². The van der Waals surface area contributed by atoms with Crippen LogP contribution in [0.2, 0.25) is 0 Å². The highest BCUT2D eigenvalue weighted by molar-refractivity contribution is 5.96. The van der Waals surface area contributed by atoms with Crippen molar-refractivity contribution in [3.05, 3.63) is 53.9 Å². The SMILES string of the molecule is C=C1/C=C\C=C/C2(NC(=O)c3cnn(C)c3C(F)(F)F)CCC1C2(C)C. The van der Waals surface area contributed by atoms with Crippen molar-refractivity contribution in [2.45, 2.75) is 38.4 Å². The average molecular weight is 365 g/mol. The third kappa shape index (κ3) is 2.70. The topological polar surface area (TPSA) is 46.9 Å². The van der Waals surface area contributed by atoms with Crippen LogP contribution in [0.25, 0.3) is 0 Å². The van der Waals surface area contributed by atoms with Gasteiger partial charge in [0, 0.05) is 7.05 Å². The van der Waals surface area contributed by atoms with Crippen molar-refractivity contribution in [3.8, 4) is 0 Å². The Bertz CT molecular complexity index is 816. The van der Waals surface area contributed by atoms with Gasteiger partial charge in [0.15, 0.2) is 5.69 Å². The van der Waals surface area contributed by atoms with E-state index in [-0.39, 0.29) is 11.3 Å². The van der Waals surface area contributed by atoms with Crippen LogP contribution in [0.5, 0.6) is 0 Å². The highest BCUT2D eigenvalue weighted by Crippen LogP contribution is 2.54. The Morgan fingerprint density at radius 2 is 2.08 bits per heavy atom. The summed E-state index contributed by atoms with van der Waals surface area (Å²) in [7, 11) is 1.18. The first-order valence-corrected chi connectivity index (χ1v) is 8.46. The van der Waals surface area contributed by atoms with E-state index < -0.39 is 28.9 Å². The number of nitrogens with one attached hydrogen (secondary N) is 1. The molecule has 1 fully saturated rings. The summed E-state index contributed by atoms with van der Waals surface area (Å²) in [5.74, 6) is -0.626. The maximum atomic E-state index is 13.3. The summed E-state index contributed by atoms with van der Waals surface area (Å²) in [6.07, 6.45) is 5.26. The van der Waals surface area contributed by atoms with Crippen LogP contribution >= 0.6 is 0 Å². The lowest BCUT2D eigenvalue weighted by Crippen LogP contribution is -2.55. The first kappa shape index (κ1) is 18.5. The van der Waals surface area contributed by atoms with Crippen molar-refractivity contribution in [3.63, 3.8) is 0 Å². The summed E-state index contributed by atoms with van der Waals surface area (Å²) in [6.45, 7) is 8.16. The molecule has 2 bridgehead atoms. The van der Waals surface area contributed by atoms with Gasteiger partial charge in [-0.1, -0.05) is 50.3 Å². The molecule has 26 heavy (non-hydrogen) atoms. The Balaban J connectivity index is 2.00. The molecule has 2 aliphatic rings. The minimum absolute atomic E-state index is 0.139. The van der Waals surface area contributed by atoms with Crippen LogP contribution in [-0.4, -0.2) is 21.2 Å². The number of hydrogen-bond acceptors (Lipinski definition) is 2. The largest absolute Gasteiger partial charge is 0.433 e. The van der Waals surface area contributed by atoms with Crippen molar-refractivity contribution in [2.75, 3.05) is 0 Å². The Labute approximate surface area is 150 Å². The molecule has 1 amide bonds. The van der Waals surface area contributed by atoms with Gasteiger partial charge in [-0.2, -0.15) is 18.3 Å². The van der Waals surface area contributed by atoms with Crippen LogP contribution in [0.15, 0.2) is 42.7 Å². The second kappa shape index (κ2) is 5.86. The Morgan fingerprint density at radius 3 is 2.73 bits per heavy atom. The van der Waals surface area contributed by atoms with Crippen LogP contribution in [0.1, 0.15) is 42.7 Å². The molecule has 0 saturated heterocycles. The second-order valence-electron chi connectivity index (χ2n) is 7.56. The molecule has 0 radical (unpaired) electrons. The summed E-state index contributed by atoms with van der Waals surface area (Å²) in [5, 5.41) is 6.52. The number of carbonyl (C=O) groups excluding carboxylic acids is 1. The number of fused-ring (bicyclic) bond motifs is 2. The van der Waals surface area contributed by atoms with Crippen molar-refractivity contribution in [1.29, 1.82) is 0 Å². The lowest BCUT2D eigenvalue weighted by atomic mass is 9.67. The molecule has 0 spiro atoms. The van der Waals surface area contributed by atoms with E-state index in [0.717, 1.165) is 18.2 Å². The minimum Gasteiger partial charge on any atom is -0.342 e. The number of aryl methyl sites for hydroxylation is 1. The molecule has 4 nitrogen and oxygen atoms in total. The number of halogens is 3. The van der Waals surface area contributed by atoms with Crippen molar-refractivity contribution in [1.82, 2.24) is 15.1 Å². The average Bonchev–Trinajstić information content (AvgIpc) is 3.04. The van der Waals surface area contributed by atoms with Gasteiger partial charge in [0.05, 0.1) is 17.3 Å². The number of carbonyl (C=O) groups is 1. The lowest BCUT2D eigenvalue weighted by molar-refractivity contribution is -0.144. The molecule has 0 aliphatic heterocycles. The van der Waals surface area contributed by atoms with Crippen LogP contribution in [-0.2, 0) is 13.2 Å². The first-order chi connectivity index (χ1) is 12.0. The zero-order chi connectivity index (χ0) is 19.3. The zero-order valence-electron chi connectivity index (χ0n) is 15.0. The van der Waals surface area contributed by atoms with Crippen LogP contribution in [0.4, 0.5) is 13.2 Å². The van der Waals surface area contributed by atoms with E-state index >= 15 is 0 Å². The predicted molar refractivity (Wildman–Crippen MR) is 92.3 cm³/mol. The number of alkyl halides is 3. The fourth-order valence-corrected chi connectivity index (χ4v) is 4.30. The minimum atomic E-state index is -4.66. The third-order valence-corrected chi connectivity index (χ3v) is 5.89. The van der Waals surface area contributed by atoms with Gasteiger partial charge in [-0.15, -0.1) is 0 Å². The van der Waals surface area contributed by atoms with Crippen molar-refractivity contribution >= 4 is 5.91 Å². The highest BCUT2D eigenvalue weighted by atomic mass is 19.4. The molecule has 0 aromatic carbocycles. The van der Waals surface area contributed by atoms with Crippen molar-refractivity contribution in [2.24, 2.45) is 18.4 Å². The number of rotatable bonds is 2.